The first-order valence-corrected chi connectivity index (χ1v) is 4.48. The average Bonchev–Trinajstić information content (AvgIpc) is 2.76. The van der Waals surface area contributed by atoms with Crippen molar-refractivity contribution in [1.82, 2.24) is 9.55 Å². The van der Waals surface area contributed by atoms with Gasteiger partial charge in [0.05, 0.1) is 12.8 Å². The fourth-order valence-corrected chi connectivity index (χ4v) is 1.43. The van der Waals surface area contributed by atoms with Gasteiger partial charge in [-0.1, -0.05) is 12.1 Å². The number of benzene rings is 1. The predicted molar refractivity (Wildman–Crippen MR) is 55.5 cm³/mol. The first kappa shape index (κ1) is 9.45. The molecule has 0 unspecified atom stereocenters. The number of hydrogen-bond donors (Lipinski definition) is 0. The van der Waals surface area contributed by atoms with Crippen LogP contribution in [0, 0.1) is 0 Å². The smallest absolute Gasteiger partial charge is 0.185 e. The topological polar surface area (TPSA) is 44.1 Å². The summed E-state index contributed by atoms with van der Waals surface area (Å²) in [4.78, 5) is 14.7. The number of imidazole rings is 1. The van der Waals surface area contributed by atoms with Gasteiger partial charge in [0, 0.05) is 12.4 Å². The molecule has 76 valence electrons. The zero-order chi connectivity index (χ0) is 10.7. The Hall–Kier alpha value is -2.10. The van der Waals surface area contributed by atoms with Crippen molar-refractivity contribution in [2.45, 2.75) is 0 Å². The lowest BCUT2D eigenvalue weighted by molar-refractivity contribution is 0.111. The Labute approximate surface area is 87.1 Å². The van der Waals surface area contributed by atoms with Gasteiger partial charge in [-0.25, -0.2) is 4.98 Å². The number of nitrogens with zero attached hydrogens (tertiary/aromatic N) is 2. The van der Waals surface area contributed by atoms with Gasteiger partial charge in [0.15, 0.2) is 12.1 Å². The average molecular weight is 202 g/mol. The molecule has 2 rings (SSSR count). The van der Waals surface area contributed by atoms with Crippen LogP contribution in [0.15, 0.2) is 36.7 Å². The Morgan fingerprint density at radius 1 is 1.40 bits per heavy atom. The molecule has 0 saturated carbocycles. The normalized spacial score (nSPS) is 9.93. The molecule has 15 heavy (non-hydrogen) atoms. The van der Waals surface area contributed by atoms with E-state index in [0.29, 0.717) is 17.9 Å². The fraction of sp³-hybridized carbons (Fsp3) is 0.0909. The van der Waals surface area contributed by atoms with Gasteiger partial charge in [-0.05, 0) is 12.1 Å². The number of carbonyl (C=O) groups is 1. The minimum atomic E-state index is 0.361. The van der Waals surface area contributed by atoms with Crippen LogP contribution in [0.25, 0.3) is 5.69 Å². The molecule has 0 N–H and O–H groups in total. The molecule has 4 nitrogen and oxygen atoms in total. The third-order valence-electron chi connectivity index (χ3n) is 2.12. The molecule has 0 fully saturated rings. The van der Waals surface area contributed by atoms with Crippen molar-refractivity contribution >= 4 is 6.29 Å². The summed E-state index contributed by atoms with van der Waals surface area (Å²) in [6.45, 7) is 0. The fourth-order valence-electron chi connectivity index (χ4n) is 1.43. The van der Waals surface area contributed by atoms with Crippen LogP contribution >= 0.6 is 0 Å². The number of ether oxygens (including phenoxy) is 1. The number of rotatable bonds is 3. The summed E-state index contributed by atoms with van der Waals surface area (Å²) in [5.41, 5.74) is 0.805. The summed E-state index contributed by atoms with van der Waals surface area (Å²) in [6.07, 6.45) is 4.02. The molecule has 0 bridgehead atoms. The molecule has 1 aromatic heterocycles. The third kappa shape index (κ3) is 1.61. The number of para-hydroxylation sites is 2. The van der Waals surface area contributed by atoms with Crippen LogP contribution in [0.2, 0.25) is 0 Å². The lowest BCUT2D eigenvalue weighted by Crippen LogP contribution is -2.01. The summed E-state index contributed by atoms with van der Waals surface area (Å²) in [5, 5.41) is 0. The number of aldehydes is 1. The second-order valence-corrected chi connectivity index (χ2v) is 2.95. The maximum Gasteiger partial charge on any atom is 0.185 e. The van der Waals surface area contributed by atoms with E-state index < -0.39 is 0 Å². The molecule has 0 saturated heterocycles. The summed E-state index contributed by atoms with van der Waals surface area (Å²) in [5.74, 6) is 1.07. The molecule has 0 amide bonds. The minimum Gasteiger partial charge on any atom is -0.495 e. The molecule has 0 aliphatic heterocycles. The van der Waals surface area contributed by atoms with Crippen LogP contribution in [-0.2, 0) is 0 Å². The molecular formula is C11H10N2O2. The van der Waals surface area contributed by atoms with Gasteiger partial charge < -0.3 is 4.74 Å². The van der Waals surface area contributed by atoms with Crippen molar-refractivity contribution in [3.63, 3.8) is 0 Å². The van der Waals surface area contributed by atoms with Crippen LogP contribution in [0.5, 0.6) is 5.75 Å². The van der Waals surface area contributed by atoms with Crippen molar-refractivity contribution < 1.29 is 9.53 Å². The van der Waals surface area contributed by atoms with Gasteiger partial charge in [0.2, 0.25) is 0 Å². The third-order valence-corrected chi connectivity index (χ3v) is 2.12. The van der Waals surface area contributed by atoms with Crippen molar-refractivity contribution in [1.29, 1.82) is 0 Å². The molecule has 1 aromatic carbocycles. The monoisotopic (exact) mass is 202 g/mol. The molecule has 0 atom stereocenters. The molecule has 0 aliphatic carbocycles. The van der Waals surface area contributed by atoms with Gasteiger partial charge in [0.1, 0.15) is 5.75 Å². The molecule has 1 heterocycles. The summed E-state index contributed by atoms with van der Waals surface area (Å²) >= 11 is 0. The van der Waals surface area contributed by atoms with E-state index in [0.717, 1.165) is 5.69 Å². The maximum absolute atomic E-state index is 10.7. The molecule has 2 aromatic rings. The Morgan fingerprint density at radius 3 is 2.93 bits per heavy atom. The molecular weight excluding hydrogens is 192 g/mol. The van der Waals surface area contributed by atoms with E-state index in [1.54, 1.807) is 24.1 Å². The molecule has 4 heteroatoms. The van der Waals surface area contributed by atoms with E-state index in [1.807, 2.05) is 24.3 Å². The zero-order valence-corrected chi connectivity index (χ0v) is 8.25. The van der Waals surface area contributed by atoms with Gasteiger partial charge >= 0.3 is 0 Å². The quantitative estimate of drug-likeness (QED) is 0.711. The van der Waals surface area contributed by atoms with E-state index in [4.69, 9.17) is 4.74 Å². The predicted octanol–water partition coefficient (Wildman–Crippen LogP) is 1.69. The van der Waals surface area contributed by atoms with Crippen LogP contribution in [0.3, 0.4) is 0 Å². The van der Waals surface area contributed by atoms with Crippen LogP contribution in [0.4, 0.5) is 0 Å². The Kier molecular flexibility index (Phi) is 2.49. The summed E-state index contributed by atoms with van der Waals surface area (Å²) in [6, 6.07) is 7.46. The highest BCUT2D eigenvalue weighted by Crippen LogP contribution is 2.22. The second kappa shape index (κ2) is 3.96. The van der Waals surface area contributed by atoms with Crippen molar-refractivity contribution in [3.8, 4) is 11.4 Å². The van der Waals surface area contributed by atoms with Crippen molar-refractivity contribution in [3.05, 3.63) is 42.5 Å². The second-order valence-electron chi connectivity index (χ2n) is 2.95. The van der Waals surface area contributed by atoms with E-state index in [1.165, 1.54) is 0 Å². The highest BCUT2D eigenvalue weighted by atomic mass is 16.5. The minimum absolute atomic E-state index is 0.361. The van der Waals surface area contributed by atoms with Gasteiger partial charge in [0.25, 0.3) is 0 Å². The number of aromatic nitrogens is 2. The lowest BCUT2D eigenvalue weighted by atomic mass is 10.3. The van der Waals surface area contributed by atoms with Crippen LogP contribution in [0.1, 0.15) is 10.6 Å². The standard InChI is InChI=1S/C11H10N2O2/c1-15-10-5-3-2-4-9(10)13-7-6-12-11(13)8-14/h2-8H,1H3. The first-order chi connectivity index (χ1) is 7.36. The van der Waals surface area contributed by atoms with Crippen molar-refractivity contribution in [2.24, 2.45) is 0 Å². The largest absolute Gasteiger partial charge is 0.495 e. The number of carbonyl (C=O) groups excluding carboxylic acids is 1. The molecule has 0 spiro atoms. The van der Waals surface area contributed by atoms with E-state index >= 15 is 0 Å². The van der Waals surface area contributed by atoms with Gasteiger partial charge in [-0.15, -0.1) is 0 Å². The molecule has 0 radical (unpaired) electrons. The Balaban J connectivity index is 2.58. The Morgan fingerprint density at radius 2 is 2.20 bits per heavy atom. The highest BCUT2D eigenvalue weighted by Gasteiger charge is 2.07. The lowest BCUT2D eigenvalue weighted by Gasteiger charge is -2.09. The number of methoxy groups -OCH3 is 1. The van der Waals surface area contributed by atoms with Gasteiger partial charge in [-0.2, -0.15) is 0 Å². The van der Waals surface area contributed by atoms with Crippen LogP contribution in [-0.4, -0.2) is 22.9 Å². The van der Waals surface area contributed by atoms with Crippen LogP contribution < -0.4 is 4.74 Å². The molecule has 0 aliphatic rings. The number of hydrogen-bond acceptors (Lipinski definition) is 3. The van der Waals surface area contributed by atoms with E-state index in [2.05, 4.69) is 4.98 Å². The first-order valence-electron chi connectivity index (χ1n) is 4.48. The van der Waals surface area contributed by atoms with E-state index in [9.17, 15) is 4.79 Å². The van der Waals surface area contributed by atoms with Crippen molar-refractivity contribution in [2.75, 3.05) is 7.11 Å². The Bertz CT molecular complexity index is 477. The maximum atomic E-state index is 10.7. The van der Waals surface area contributed by atoms with E-state index in [-0.39, 0.29) is 0 Å². The highest BCUT2D eigenvalue weighted by molar-refractivity contribution is 5.71. The zero-order valence-electron chi connectivity index (χ0n) is 8.25. The SMILES string of the molecule is COc1ccccc1-n1ccnc1C=O. The van der Waals surface area contributed by atoms with Gasteiger partial charge in [-0.3, -0.25) is 9.36 Å². The summed E-state index contributed by atoms with van der Waals surface area (Å²) < 4.78 is 6.89. The summed E-state index contributed by atoms with van der Waals surface area (Å²) in [7, 11) is 1.59.